The Bertz CT molecular complexity index is 387. The van der Waals surface area contributed by atoms with Crippen LogP contribution >= 0.6 is 0 Å². The molecule has 1 aromatic rings. The quantitative estimate of drug-likeness (QED) is 0.722. The molecule has 5 nitrogen and oxygen atoms in total. The van der Waals surface area contributed by atoms with E-state index >= 15 is 0 Å². The summed E-state index contributed by atoms with van der Waals surface area (Å²) >= 11 is 0. The molecule has 0 aliphatic heterocycles. The highest BCUT2D eigenvalue weighted by molar-refractivity contribution is 5.75. The van der Waals surface area contributed by atoms with Crippen LogP contribution in [0.5, 0.6) is 0 Å². The molecule has 0 unspecified atom stereocenters. The molecule has 5 heteroatoms. The van der Waals surface area contributed by atoms with Crippen LogP contribution in [0.3, 0.4) is 0 Å². The van der Waals surface area contributed by atoms with Crippen LogP contribution in [0.15, 0.2) is 6.07 Å². The van der Waals surface area contributed by atoms with Gasteiger partial charge >= 0.3 is 5.97 Å². The van der Waals surface area contributed by atoms with Crippen LogP contribution in [-0.2, 0) is 9.53 Å². The van der Waals surface area contributed by atoms with Crippen molar-refractivity contribution < 1.29 is 9.53 Å². The van der Waals surface area contributed by atoms with Crippen molar-refractivity contribution in [2.45, 2.75) is 34.1 Å². The van der Waals surface area contributed by atoms with E-state index < -0.39 is 0 Å². The third-order valence-corrected chi connectivity index (χ3v) is 2.40. The number of aryl methyl sites for hydroxylation is 2. The first-order chi connectivity index (χ1) is 8.56. The second kappa shape index (κ2) is 6.93. The van der Waals surface area contributed by atoms with E-state index in [-0.39, 0.29) is 12.5 Å². The van der Waals surface area contributed by atoms with E-state index in [4.69, 9.17) is 4.74 Å². The molecule has 0 aromatic carbocycles. The lowest BCUT2D eigenvalue weighted by Gasteiger charge is -2.22. The minimum atomic E-state index is -0.222. The van der Waals surface area contributed by atoms with Gasteiger partial charge in [0.1, 0.15) is 18.2 Å². The van der Waals surface area contributed by atoms with E-state index in [9.17, 15) is 4.79 Å². The first-order valence-corrected chi connectivity index (χ1v) is 6.29. The molecule has 0 bridgehead atoms. The van der Waals surface area contributed by atoms with E-state index in [1.54, 1.807) is 6.92 Å². The molecule has 0 N–H and O–H groups in total. The topological polar surface area (TPSA) is 55.3 Å². The van der Waals surface area contributed by atoms with Crippen molar-refractivity contribution in [2.24, 2.45) is 0 Å². The normalized spacial score (nSPS) is 10.2. The van der Waals surface area contributed by atoms with Gasteiger partial charge in [0.25, 0.3) is 0 Å². The van der Waals surface area contributed by atoms with Gasteiger partial charge in [0.2, 0.25) is 0 Å². The minimum absolute atomic E-state index is 0.222. The number of esters is 1. The molecule has 0 amide bonds. The van der Waals surface area contributed by atoms with E-state index in [0.29, 0.717) is 6.61 Å². The van der Waals surface area contributed by atoms with Crippen LogP contribution in [0.1, 0.15) is 31.8 Å². The Kier molecular flexibility index (Phi) is 5.55. The molecule has 0 spiro atoms. The van der Waals surface area contributed by atoms with E-state index in [2.05, 4.69) is 16.9 Å². The standard InChI is InChI=1S/C13H21N3O2/c1-5-7-16(9-13(17)18-6-2)12-8-10(3)14-11(4)15-12/h8H,5-7,9H2,1-4H3. The third kappa shape index (κ3) is 4.31. The Morgan fingerprint density at radius 1 is 1.33 bits per heavy atom. The Labute approximate surface area is 108 Å². The number of hydrogen-bond acceptors (Lipinski definition) is 5. The van der Waals surface area contributed by atoms with Gasteiger partial charge in [-0.05, 0) is 27.2 Å². The van der Waals surface area contributed by atoms with Gasteiger partial charge < -0.3 is 9.64 Å². The summed E-state index contributed by atoms with van der Waals surface area (Å²) in [7, 11) is 0. The molecular weight excluding hydrogens is 230 g/mol. The SMILES string of the molecule is CCCN(CC(=O)OCC)c1cc(C)nc(C)n1. The maximum absolute atomic E-state index is 11.6. The molecule has 18 heavy (non-hydrogen) atoms. The minimum Gasteiger partial charge on any atom is -0.465 e. The second-order valence-electron chi connectivity index (χ2n) is 4.14. The average Bonchev–Trinajstić information content (AvgIpc) is 2.27. The van der Waals surface area contributed by atoms with E-state index in [1.807, 2.05) is 24.8 Å². The molecule has 0 fully saturated rings. The molecule has 0 saturated carbocycles. The van der Waals surface area contributed by atoms with Gasteiger partial charge in [-0.2, -0.15) is 0 Å². The number of aromatic nitrogens is 2. The summed E-state index contributed by atoms with van der Waals surface area (Å²) in [5.41, 5.74) is 0.905. The van der Waals surface area contributed by atoms with Crippen LogP contribution in [0.2, 0.25) is 0 Å². The van der Waals surface area contributed by atoms with Crippen molar-refractivity contribution in [3.8, 4) is 0 Å². The summed E-state index contributed by atoms with van der Waals surface area (Å²) in [5.74, 6) is 1.28. The van der Waals surface area contributed by atoms with Crippen molar-refractivity contribution in [1.29, 1.82) is 0 Å². The first kappa shape index (κ1) is 14.4. The second-order valence-corrected chi connectivity index (χ2v) is 4.14. The molecule has 0 saturated heterocycles. The molecule has 1 aromatic heterocycles. The van der Waals surface area contributed by atoms with Crippen LogP contribution in [0.25, 0.3) is 0 Å². The first-order valence-electron chi connectivity index (χ1n) is 6.29. The zero-order valence-electron chi connectivity index (χ0n) is 11.6. The van der Waals surface area contributed by atoms with Gasteiger partial charge in [0.15, 0.2) is 0 Å². The summed E-state index contributed by atoms with van der Waals surface area (Å²) in [6.07, 6.45) is 0.946. The van der Waals surface area contributed by atoms with Gasteiger partial charge in [0, 0.05) is 18.3 Å². The summed E-state index contributed by atoms with van der Waals surface area (Å²) in [4.78, 5) is 22.1. The van der Waals surface area contributed by atoms with E-state index in [0.717, 1.165) is 30.3 Å². The fourth-order valence-corrected chi connectivity index (χ4v) is 1.77. The lowest BCUT2D eigenvalue weighted by atomic mass is 10.3. The smallest absolute Gasteiger partial charge is 0.325 e. The fourth-order valence-electron chi connectivity index (χ4n) is 1.77. The molecule has 1 rings (SSSR count). The number of carbonyl (C=O) groups excluding carboxylic acids is 1. The highest BCUT2D eigenvalue weighted by Crippen LogP contribution is 2.13. The summed E-state index contributed by atoms with van der Waals surface area (Å²) in [6, 6.07) is 1.89. The third-order valence-electron chi connectivity index (χ3n) is 2.40. The molecule has 0 aliphatic carbocycles. The Morgan fingerprint density at radius 2 is 2.06 bits per heavy atom. The van der Waals surface area contributed by atoms with Crippen LogP contribution in [0, 0.1) is 13.8 Å². The fraction of sp³-hybridized carbons (Fsp3) is 0.615. The van der Waals surface area contributed by atoms with Gasteiger partial charge in [0.05, 0.1) is 6.61 Å². The predicted octanol–water partition coefficient (Wildman–Crippen LogP) is 1.87. The van der Waals surface area contributed by atoms with Gasteiger partial charge in [-0.15, -0.1) is 0 Å². The molecular formula is C13H21N3O2. The van der Waals surface area contributed by atoms with Crippen molar-refractivity contribution in [3.05, 3.63) is 17.6 Å². The number of carbonyl (C=O) groups is 1. The van der Waals surface area contributed by atoms with Crippen molar-refractivity contribution in [3.63, 3.8) is 0 Å². The van der Waals surface area contributed by atoms with Crippen LogP contribution < -0.4 is 4.90 Å². The number of rotatable bonds is 6. The lowest BCUT2D eigenvalue weighted by molar-refractivity contribution is -0.141. The molecule has 0 aliphatic rings. The molecule has 0 radical (unpaired) electrons. The maximum atomic E-state index is 11.6. The van der Waals surface area contributed by atoms with Crippen molar-refractivity contribution in [2.75, 3.05) is 24.6 Å². The molecule has 100 valence electrons. The Balaban J connectivity index is 2.85. The van der Waals surface area contributed by atoms with Crippen LogP contribution in [-0.4, -0.2) is 35.6 Å². The summed E-state index contributed by atoms with van der Waals surface area (Å²) in [5, 5.41) is 0. The molecule has 0 atom stereocenters. The van der Waals surface area contributed by atoms with Gasteiger partial charge in [-0.3, -0.25) is 4.79 Å². The predicted molar refractivity (Wildman–Crippen MR) is 70.6 cm³/mol. The van der Waals surface area contributed by atoms with E-state index in [1.165, 1.54) is 0 Å². The number of anilines is 1. The lowest BCUT2D eigenvalue weighted by Crippen LogP contribution is -2.32. The Morgan fingerprint density at radius 3 is 2.61 bits per heavy atom. The summed E-state index contributed by atoms with van der Waals surface area (Å²) in [6.45, 7) is 9.06. The largest absolute Gasteiger partial charge is 0.465 e. The van der Waals surface area contributed by atoms with Gasteiger partial charge in [-0.1, -0.05) is 6.92 Å². The number of hydrogen-bond donors (Lipinski definition) is 0. The number of nitrogens with zero attached hydrogens (tertiary/aromatic N) is 3. The monoisotopic (exact) mass is 251 g/mol. The molecule has 1 heterocycles. The number of ether oxygens (including phenoxy) is 1. The highest BCUT2D eigenvalue weighted by Gasteiger charge is 2.13. The van der Waals surface area contributed by atoms with Crippen LogP contribution in [0.4, 0.5) is 5.82 Å². The zero-order chi connectivity index (χ0) is 13.5. The highest BCUT2D eigenvalue weighted by atomic mass is 16.5. The zero-order valence-corrected chi connectivity index (χ0v) is 11.6. The average molecular weight is 251 g/mol. The van der Waals surface area contributed by atoms with Crippen molar-refractivity contribution >= 4 is 11.8 Å². The summed E-state index contributed by atoms with van der Waals surface area (Å²) < 4.78 is 4.98. The van der Waals surface area contributed by atoms with Crippen molar-refractivity contribution in [1.82, 2.24) is 9.97 Å². The maximum Gasteiger partial charge on any atom is 0.325 e. The Hall–Kier alpha value is -1.65. The van der Waals surface area contributed by atoms with Gasteiger partial charge in [-0.25, -0.2) is 9.97 Å².